The van der Waals surface area contributed by atoms with Gasteiger partial charge in [-0.15, -0.1) is 0 Å². The Morgan fingerprint density at radius 1 is 0.640 bits per heavy atom. The van der Waals surface area contributed by atoms with Crippen LogP contribution in [-0.2, 0) is 0 Å². The van der Waals surface area contributed by atoms with Gasteiger partial charge in [0.2, 0.25) is 0 Å². The van der Waals surface area contributed by atoms with E-state index in [-0.39, 0.29) is 5.41 Å². The highest BCUT2D eigenvalue weighted by Crippen LogP contribution is 2.40. The third kappa shape index (κ3) is 3.69. The van der Waals surface area contributed by atoms with Gasteiger partial charge in [0.15, 0.2) is 0 Å². The summed E-state index contributed by atoms with van der Waals surface area (Å²) in [5.41, 5.74) is 10.7. The van der Waals surface area contributed by atoms with E-state index in [4.69, 9.17) is 0 Å². The molecule has 0 aliphatic heterocycles. The van der Waals surface area contributed by atoms with Crippen molar-refractivity contribution < 1.29 is 0 Å². The minimum atomic E-state index is 0.161. The zero-order valence-electron chi connectivity index (χ0n) is 16.3. The van der Waals surface area contributed by atoms with Crippen LogP contribution in [0.3, 0.4) is 0 Å². The SMILES string of the molecule is CC1=CC(=C(c2ccc(C)cc2)c2ccc(C)cc2)C=C1C(C)(C)C. The maximum Gasteiger partial charge on any atom is -0.00387 e. The molecule has 0 spiro atoms. The van der Waals surface area contributed by atoms with E-state index >= 15 is 0 Å². The molecule has 2 aromatic carbocycles. The average Bonchev–Trinajstić information content (AvgIpc) is 2.93. The maximum absolute atomic E-state index is 2.38. The molecule has 1 aliphatic carbocycles. The minimum absolute atomic E-state index is 0.161. The summed E-state index contributed by atoms with van der Waals surface area (Å²) in [5, 5.41) is 0. The van der Waals surface area contributed by atoms with Crippen molar-refractivity contribution in [3.8, 4) is 0 Å². The third-order valence-electron chi connectivity index (χ3n) is 4.87. The molecular weight excluding hydrogens is 300 g/mol. The Morgan fingerprint density at radius 2 is 1.08 bits per heavy atom. The Bertz CT molecular complexity index is 814. The third-order valence-corrected chi connectivity index (χ3v) is 4.87. The summed E-state index contributed by atoms with van der Waals surface area (Å²) < 4.78 is 0. The highest BCUT2D eigenvalue weighted by Gasteiger charge is 2.24. The number of rotatable bonds is 2. The van der Waals surface area contributed by atoms with Crippen LogP contribution in [0, 0.1) is 19.3 Å². The van der Waals surface area contributed by atoms with E-state index in [1.807, 2.05) is 0 Å². The molecule has 0 saturated heterocycles. The Morgan fingerprint density at radius 3 is 1.44 bits per heavy atom. The molecule has 0 bridgehead atoms. The fraction of sp³-hybridized carbons (Fsp3) is 0.280. The second-order valence-corrected chi connectivity index (χ2v) is 8.20. The molecule has 0 nitrogen and oxygen atoms in total. The minimum Gasteiger partial charge on any atom is -0.0587 e. The van der Waals surface area contributed by atoms with Gasteiger partial charge in [0.25, 0.3) is 0 Å². The van der Waals surface area contributed by atoms with Crippen molar-refractivity contribution in [2.45, 2.75) is 41.5 Å². The van der Waals surface area contributed by atoms with Crippen LogP contribution in [0.5, 0.6) is 0 Å². The van der Waals surface area contributed by atoms with Crippen molar-refractivity contribution in [1.82, 2.24) is 0 Å². The van der Waals surface area contributed by atoms with Crippen LogP contribution in [0.15, 0.2) is 77.4 Å². The van der Waals surface area contributed by atoms with Crippen LogP contribution < -0.4 is 0 Å². The lowest BCUT2D eigenvalue weighted by atomic mass is 9.84. The first-order chi connectivity index (χ1) is 11.8. The van der Waals surface area contributed by atoms with Gasteiger partial charge in [-0.1, -0.05) is 92.6 Å². The van der Waals surface area contributed by atoms with Gasteiger partial charge >= 0.3 is 0 Å². The van der Waals surface area contributed by atoms with E-state index in [0.29, 0.717) is 0 Å². The first-order valence-corrected chi connectivity index (χ1v) is 9.05. The fourth-order valence-corrected chi connectivity index (χ4v) is 3.51. The molecule has 1 aliphatic rings. The largest absolute Gasteiger partial charge is 0.0587 e. The van der Waals surface area contributed by atoms with Gasteiger partial charge < -0.3 is 0 Å². The first kappa shape index (κ1) is 17.5. The Kier molecular flexibility index (Phi) is 4.56. The molecule has 0 aromatic heterocycles. The molecule has 0 amide bonds. The van der Waals surface area contributed by atoms with Gasteiger partial charge in [-0.2, -0.15) is 0 Å². The van der Waals surface area contributed by atoms with E-state index < -0.39 is 0 Å². The van der Waals surface area contributed by atoms with E-state index in [1.165, 1.54) is 44.5 Å². The summed E-state index contributed by atoms with van der Waals surface area (Å²) >= 11 is 0. The topological polar surface area (TPSA) is 0 Å². The molecule has 0 N–H and O–H groups in total. The molecule has 2 aromatic rings. The lowest BCUT2D eigenvalue weighted by molar-refractivity contribution is 0.512. The highest BCUT2D eigenvalue weighted by atomic mass is 14.3. The molecule has 3 rings (SSSR count). The van der Waals surface area contributed by atoms with Crippen LogP contribution >= 0.6 is 0 Å². The fourth-order valence-electron chi connectivity index (χ4n) is 3.51. The van der Waals surface area contributed by atoms with Gasteiger partial charge in [-0.05, 0) is 59.6 Å². The smallest absolute Gasteiger partial charge is 0.00387 e. The molecule has 0 heterocycles. The molecule has 0 heteroatoms. The monoisotopic (exact) mass is 328 g/mol. The van der Waals surface area contributed by atoms with Gasteiger partial charge in [0, 0.05) is 0 Å². The maximum atomic E-state index is 2.38. The predicted octanol–water partition coefficient (Wildman–Crippen LogP) is 7.04. The normalized spacial score (nSPS) is 14.4. The lowest BCUT2D eigenvalue weighted by Crippen LogP contribution is -2.08. The van der Waals surface area contributed by atoms with Crippen LogP contribution in [0.25, 0.3) is 5.57 Å². The second-order valence-electron chi connectivity index (χ2n) is 8.20. The number of benzene rings is 2. The predicted molar refractivity (Wildman–Crippen MR) is 110 cm³/mol. The van der Waals surface area contributed by atoms with Crippen molar-refractivity contribution in [2.24, 2.45) is 5.41 Å². The summed E-state index contributed by atoms with van der Waals surface area (Å²) in [6.45, 7) is 13.4. The van der Waals surface area contributed by atoms with Crippen LogP contribution in [-0.4, -0.2) is 0 Å². The number of hydrogen-bond acceptors (Lipinski definition) is 0. The summed E-state index contributed by atoms with van der Waals surface area (Å²) in [4.78, 5) is 0. The molecule has 0 atom stereocenters. The lowest BCUT2D eigenvalue weighted by Gasteiger charge is -2.21. The number of aryl methyl sites for hydroxylation is 2. The zero-order chi connectivity index (χ0) is 18.2. The number of hydrogen-bond donors (Lipinski definition) is 0. The summed E-state index contributed by atoms with van der Waals surface area (Å²) in [5.74, 6) is 0. The highest BCUT2D eigenvalue weighted by molar-refractivity contribution is 5.87. The van der Waals surface area contributed by atoms with Crippen LogP contribution in [0.2, 0.25) is 0 Å². The second kappa shape index (κ2) is 6.52. The summed E-state index contributed by atoms with van der Waals surface area (Å²) in [6, 6.07) is 17.8. The molecule has 0 radical (unpaired) electrons. The van der Waals surface area contributed by atoms with Gasteiger partial charge in [-0.25, -0.2) is 0 Å². The zero-order valence-corrected chi connectivity index (χ0v) is 16.3. The van der Waals surface area contributed by atoms with E-state index in [1.54, 1.807) is 0 Å². The van der Waals surface area contributed by atoms with Crippen molar-refractivity contribution in [1.29, 1.82) is 0 Å². The number of allylic oxidation sites excluding steroid dienone is 5. The average molecular weight is 328 g/mol. The summed E-state index contributed by atoms with van der Waals surface area (Å²) in [6.07, 6.45) is 4.72. The first-order valence-electron chi connectivity index (χ1n) is 9.05. The van der Waals surface area contributed by atoms with E-state index in [9.17, 15) is 0 Å². The van der Waals surface area contributed by atoms with Gasteiger partial charge in [0.05, 0.1) is 0 Å². The van der Waals surface area contributed by atoms with Crippen molar-refractivity contribution in [3.05, 3.63) is 99.7 Å². The van der Waals surface area contributed by atoms with Crippen molar-refractivity contribution >= 4 is 5.57 Å². The Hall–Kier alpha value is -2.34. The molecule has 0 unspecified atom stereocenters. The molecule has 128 valence electrons. The Balaban J connectivity index is 2.24. The standard InChI is InChI=1S/C25H28/c1-17-7-11-20(12-8-17)24(21-13-9-18(2)10-14-21)22-15-19(3)23(16-22)25(4,5)6/h7-16H,1-6H3. The molecule has 0 saturated carbocycles. The summed E-state index contributed by atoms with van der Waals surface area (Å²) in [7, 11) is 0. The Labute approximate surface area is 152 Å². The van der Waals surface area contributed by atoms with Crippen molar-refractivity contribution in [2.75, 3.05) is 0 Å². The molecule has 25 heavy (non-hydrogen) atoms. The van der Waals surface area contributed by atoms with Gasteiger partial charge in [-0.3, -0.25) is 0 Å². The molecule has 0 fully saturated rings. The van der Waals surface area contributed by atoms with E-state index in [2.05, 4.69) is 102 Å². The molecular formula is C25H28. The van der Waals surface area contributed by atoms with Crippen LogP contribution in [0.1, 0.15) is 49.9 Å². The van der Waals surface area contributed by atoms with Gasteiger partial charge in [0.1, 0.15) is 0 Å². The quantitative estimate of drug-likeness (QED) is 0.554. The van der Waals surface area contributed by atoms with Crippen LogP contribution in [0.4, 0.5) is 0 Å². The van der Waals surface area contributed by atoms with Crippen molar-refractivity contribution in [3.63, 3.8) is 0 Å². The van der Waals surface area contributed by atoms with E-state index in [0.717, 1.165) is 0 Å².